The summed E-state index contributed by atoms with van der Waals surface area (Å²) < 4.78 is 5.57. The molecule has 0 aliphatic carbocycles. The van der Waals surface area contributed by atoms with Gasteiger partial charge in [0.25, 0.3) is 0 Å². The molecule has 0 aliphatic rings. The van der Waals surface area contributed by atoms with Gasteiger partial charge in [0.1, 0.15) is 0 Å². The van der Waals surface area contributed by atoms with E-state index in [1.165, 1.54) is 95.5 Å². The lowest BCUT2D eigenvalue weighted by Crippen LogP contribution is -2.17. The van der Waals surface area contributed by atoms with Gasteiger partial charge in [-0.15, -0.1) is 0 Å². The Bertz CT molecular complexity index is 568. The van der Waals surface area contributed by atoms with E-state index >= 15 is 0 Å². The van der Waals surface area contributed by atoms with Crippen LogP contribution < -0.4 is 0 Å². The minimum absolute atomic E-state index is 0.000916. The van der Waals surface area contributed by atoms with Gasteiger partial charge in [-0.05, 0) is 23.0 Å². The molecule has 1 rings (SSSR count). The van der Waals surface area contributed by atoms with Crippen LogP contribution in [0.5, 0.6) is 0 Å². The third-order valence-electron chi connectivity index (χ3n) is 6.41. The van der Waals surface area contributed by atoms with E-state index in [1.54, 1.807) is 0 Å². The second-order valence-electron chi connectivity index (χ2n) is 10.4. The van der Waals surface area contributed by atoms with Crippen molar-refractivity contribution in [1.82, 2.24) is 0 Å². The smallest absolute Gasteiger partial charge is 0.327 e. The molecule has 2 N–H and O–H groups in total. The molecule has 0 saturated heterocycles. The quantitative estimate of drug-likeness (QED) is 0.158. The van der Waals surface area contributed by atoms with Crippen LogP contribution in [0.25, 0.3) is 0 Å². The standard InChI is InChI=1S/C28H51O3P/c1-5-6-7-8-9-10-11-12-13-14-15-16-17-18-19-24-27(31-32(29)30)25-22-20-21-23-26(25)28(2,3)4/h20-23,27,29-30H,5-19,24H2,1-4H3. The average Bonchev–Trinajstić information content (AvgIpc) is 2.74. The maximum absolute atomic E-state index is 9.50. The average molecular weight is 467 g/mol. The van der Waals surface area contributed by atoms with Gasteiger partial charge in [0.2, 0.25) is 0 Å². The topological polar surface area (TPSA) is 49.7 Å². The number of hydrogen-bond donors (Lipinski definition) is 2. The Balaban J connectivity index is 2.18. The Morgan fingerprint density at radius 3 is 1.59 bits per heavy atom. The number of rotatable bonds is 19. The molecule has 4 heteroatoms. The summed E-state index contributed by atoms with van der Waals surface area (Å²) >= 11 is 0. The molecule has 1 atom stereocenters. The monoisotopic (exact) mass is 466 g/mol. The van der Waals surface area contributed by atoms with Crippen molar-refractivity contribution < 1.29 is 14.3 Å². The normalized spacial score (nSPS) is 13.1. The summed E-state index contributed by atoms with van der Waals surface area (Å²) in [4.78, 5) is 19.0. The van der Waals surface area contributed by atoms with Crippen molar-refractivity contribution in [2.75, 3.05) is 0 Å². The third kappa shape index (κ3) is 13.9. The molecule has 3 nitrogen and oxygen atoms in total. The second kappa shape index (κ2) is 17.9. The van der Waals surface area contributed by atoms with E-state index < -0.39 is 8.60 Å². The van der Waals surface area contributed by atoms with E-state index in [9.17, 15) is 9.79 Å². The fourth-order valence-corrected chi connectivity index (χ4v) is 4.99. The second-order valence-corrected chi connectivity index (χ2v) is 11.1. The van der Waals surface area contributed by atoms with Crippen LogP contribution in [0.15, 0.2) is 24.3 Å². The van der Waals surface area contributed by atoms with Crippen LogP contribution in [0.1, 0.15) is 148 Å². The first-order chi connectivity index (χ1) is 15.4. The first-order valence-electron chi connectivity index (χ1n) is 13.3. The van der Waals surface area contributed by atoms with Crippen molar-refractivity contribution in [3.05, 3.63) is 35.4 Å². The third-order valence-corrected chi connectivity index (χ3v) is 6.85. The van der Waals surface area contributed by atoms with Crippen molar-refractivity contribution in [2.45, 2.75) is 142 Å². The molecule has 0 aromatic heterocycles. The molecule has 32 heavy (non-hydrogen) atoms. The van der Waals surface area contributed by atoms with E-state index in [0.717, 1.165) is 18.4 Å². The number of benzene rings is 1. The maximum Gasteiger partial charge on any atom is 0.327 e. The molecule has 1 unspecified atom stereocenters. The highest BCUT2D eigenvalue weighted by molar-refractivity contribution is 7.39. The van der Waals surface area contributed by atoms with Crippen molar-refractivity contribution in [1.29, 1.82) is 0 Å². The lowest BCUT2D eigenvalue weighted by molar-refractivity contribution is 0.159. The summed E-state index contributed by atoms with van der Waals surface area (Å²) in [6.07, 6.45) is 20.8. The largest absolute Gasteiger partial charge is 0.328 e. The van der Waals surface area contributed by atoms with E-state index in [2.05, 4.69) is 45.9 Å². The Labute approximate surface area is 200 Å². The molecule has 1 aromatic rings. The Kier molecular flexibility index (Phi) is 16.6. The van der Waals surface area contributed by atoms with Crippen LogP contribution in [0.4, 0.5) is 0 Å². The fraction of sp³-hybridized carbons (Fsp3) is 0.786. The zero-order chi connectivity index (χ0) is 23.7. The zero-order valence-corrected chi connectivity index (χ0v) is 22.3. The molecular weight excluding hydrogens is 415 g/mol. The van der Waals surface area contributed by atoms with Crippen LogP contribution in [0.3, 0.4) is 0 Å². The summed E-state index contributed by atoms with van der Waals surface area (Å²) in [5.74, 6) is 0. The molecule has 0 amide bonds. The van der Waals surface area contributed by atoms with Crippen LogP contribution >= 0.6 is 8.60 Å². The molecule has 0 fully saturated rings. The lowest BCUT2D eigenvalue weighted by Gasteiger charge is -2.27. The highest BCUT2D eigenvalue weighted by Gasteiger charge is 2.24. The van der Waals surface area contributed by atoms with Crippen molar-refractivity contribution in [2.24, 2.45) is 0 Å². The van der Waals surface area contributed by atoms with Gasteiger partial charge in [-0.25, -0.2) is 0 Å². The fourth-order valence-electron chi connectivity index (χ4n) is 4.54. The van der Waals surface area contributed by atoms with Crippen LogP contribution in [0.2, 0.25) is 0 Å². The summed E-state index contributed by atoms with van der Waals surface area (Å²) in [6, 6.07) is 8.28. The van der Waals surface area contributed by atoms with Gasteiger partial charge in [0.05, 0.1) is 6.10 Å². The predicted molar refractivity (Wildman–Crippen MR) is 140 cm³/mol. The highest BCUT2D eigenvalue weighted by atomic mass is 31.2. The summed E-state index contributed by atoms with van der Waals surface area (Å²) in [5.41, 5.74) is 2.32. The Morgan fingerprint density at radius 2 is 1.16 bits per heavy atom. The molecule has 0 saturated carbocycles. The molecular formula is C28H51O3P. The minimum atomic E-state index is -2.36. The van der Waals surface area contributed by atoms with Crippen LogP contribution in [-0.2, 0) is 9.94 Å². The van der Waals surface area contributed by atoms with Crippen LogP contribution in [-0.4, -0.2) is 9.79 Å². The molecule has 0 bridgehead atoms. The molecule has 0 heterocycles. The molecule has 0 radical (unpaired) electrons. The van der Waals surface area contributed by atoms with E-state index in [0.29, 0.717) is 0 Å². The SMILES string of the molecule is CCCCCCCCCCCCCCCCCC(OP(O)O)c1ccccc1C(C)(C)C. The van der Waals surface area contributed by atoms with E-state index in [1.807, 2.05) is 6.07 Å². The van der Waals surface area contributed by atoms with Gasteiger partial charge in [-0.2, -0.15) is 0 Å². The maximum atomic E-state index is 9.50. The van der Waals surface area contributed by atoms with Crippen molar-refractivity contribution in [3.63, 3.8) is 0 Å². The molecule has 0 aliphatic heterocycles. The van der Waals surface area contributed by atoms with Gasteiger partial charge in [-0.1, -0.05) is 148 Å². The zero-order valence-electron chi connectivity index (χ0n) is 21.5. The Hall–Kier alpha value is -0.470. The minimum Gasteiger partial charge on any atom is -0.328 e. The van der Waals surface area contributed by atoms with Gasteiger partial charge in [0.15, 0.2) is 0 Å². The van der Waals surface area contributed by atoms with Crippen molar-refractivity contribution in [3.8, 4) is 0 Å². The van der Waals surface area contributed by atoms with Crippen LogP contribution in [0, 0.1) is 0 Å². The molecule has 0 spiro atoms. The van der Waals surface area contributed by atoms with Gasteiger partial charge >= 0.3 is 8.60 Å². The Morgan fingerprint density at radius 1 is 0.719 bits per heavy atom. The number of hydrogen-bond acceptors (Lipinski definition) is 3. The first kappa shape index (κ1) is 29.6. The van der Waals surface area contributed by atoms with Crippen molar-refractivity contribution >= 4 is 8.60 Å². The van der Waals surface area contributed by atoms with Gasteiger partial charge in [0, 0.05) is 0 Å². The lowest BCUT2D eigenvalue weighted by atomic mass is 9.81. The summed E-state index contributed by atoms with van der Waals surface area (Å²) in [5, 5.41) is 0. The molecule has 186 valence electrons. The number of unbranched alkanes of at least 4 members (excludes halogenated alkanes) is 14. The molecule has 1 aromatic carbocycles. The highest BCUT2D eigenvalue weighted by Crippen LogP contribution is 2.40. The van der Waals surface area contributed by atoms with Gasteiger partial charge in [-0.3, -0.25) is 0 Å². The van der Waals surface area contributed by atoms with E-state index in [4.69, 9.17) is 4.52 Å². The first-order valence-corrected chi connectivity index (χ1v) is 14.5. The predicted octanol–water partition coefficient (Wildman–Crippen LogP) is 9.51. The summed E-state index contributed by atoms with van der Waals surface area (Å²) in [7, 11) is -2.36. The van der Waals surface area contributed by atoms with Gasteiger partial charge < -0.3 is 14.3 Å². The summed E-state index contributed by atoms with van der Waals surface area (Å²) in [6.45, 7) is 8.85. The van der Waals surface area contributed by atoms with E-state index in [-0.39, 0.29) is 11.5 Å².